The second kappa shape index (κ2) is 9.64. The van der Waals surface area contributed by atoms with Crippen LogP contribution >= 0.6 is 12.4 Å². The molecule has 0 aliphatic rings. The molecule has 0 bridgehead atoms. The van der Waals surface area contributed by atoms with Gasteiger partial charge in [0.1, 0.15) is 6.04 Å². The van der Waals surface area contributed by atoms with Crippen molar-refractivity contribution in [1.29, 1.82) is 0 Å². The zero-order valence-corrected chi connectivity index (χ0v) is 16.1. The summed E-state index contributed by atoms with van der Waals surface area (Å²) >= 11 is 0. The summed E-state index contributed by atoms with van der Waals surface area (Å²) in [6.07, 6.45) is 0. The topological polar surface area (TPSA) is 69.6 Å². The number of rotatable bonds is 7. The Morgan fingerprint density at radius 2 is 1.54 bits per heavy atom. The van der Waals surface area contributed by atoms with E-state index in [4.69, 9.17) is 5.11 Å². The standard InChI is InChI=1S/C18H28N2O3.ClH/c1-11(2)14-8-7-9-15(12(3)4)17(14)19-16(21)10-20(6)13(5)18(22)23;/h7-9,11-13H,10H2,1-6H3,(H,19,21)(H,22,23);1H. The largest absolute Gasteiger partial charge is 0.480 e. The summed E-state index contributed by atoms with van der Waals surface area (Å²) in [6.45, 7) is 9.97. The normalized spacial score (nSPS) is 12.2. The summed E-state index contributed by atoms with van der Waals surface area (Å²) in [5.41, 5.74) is 3.05. The van der Waals surface area contributed by atoms with E-state index >= 15 is 0 Å². The van der Waals surface area contributed by atoms with Crippen LogP contribution in [0.5, 0.6) is 0 Å². The van der Waals surface area contributed by atoms with Gasteiger partial charge < -0.3 is 10.4 Å². The Labute approximate surface area is 150 Å². The number of aliphatic carboxylic acids is 1. The molecule has 1 unspecified atom stereocenters. The molecule has 0 aliphatic carbocycles. The van der Waals surface area contributed by atoms with Crippen molar-refractivity contribution in [2.24, 2.45) is 0 Å². The first-order valence-electron chi connectivity index (χ1n) is 8.00. The Morgan fingerprint density at radius 3 is 1.92 bits per heavy atom. The van der Waals surface area contributed by atoms with Gasteiger partial charge in [-0.1, -0.05) is 45.9 Å². The quantitative estimate of drug-likeness (QED) is 0.781. The van der Waals surface area contributed by atoms with Crippen LogP contribution in [-0.2, 0) is 9.59 Å². The monoisotopic (exact) mass is 356 g/mol. The Bertz CT molecular complexity index is 547. The van der Waals surface area contributed by atoms with E-state index in [0.29, 0.717) is 11.8 Å². The molecule has 6 heteroatoms. The molecule has 24 heavy (non-hydrogen) atoms. The number of carboxylic acid groups (broad SMARTS) is 1. The molecular formula is C18H29ClN2O3. The first-order chi connectivity index (χ1) is 10.6. The van der Waals surface area contributed by atoms with E-state index in [1.165, 1.54) is 4.90 Å². The lowest BCUT2D eigenvalue weighted by molar-refractivity contribution is -0.142. The lowest BCUT2D eigenvalue weighted by atomic mass is 9.92. The Morgan fingerprint density at radius 1 is 1.08 bits per heavy atom. The predicted molar refractivity (Wildman–Crippen MR) is 100 cm³/mol. The molecule has 0 radical (unpaired) electrons. The van der Waals surface area contributed by atoms with Crippen LogP contribution in [0, 0.1) is 0 Å². The molecule has 2 N–H and O–H groups in total. The van der Waals surface area contributed by atoms with Crippen molar-refractivity contribution in [3.8, 4) is 0 Å². The van der Waals surface area contributed by atoms with Gasteiger partial charge in [0.05, 0.1) is 6.54 Å². The van der Waals surface area contributed by atoms with E-state index in [-0.39, 0.29) is 24.9 Å². The van der Waals surface area contributed by atoms with Crippen molar-refractivity contribution in [2.45, 2.75) is 52.5 Å². The highest BCUT2D eigenvalue weighted by molar-refractivity contribution is 5.94. The van der Waals surface area contributed by atoms with E-state index in [2.05, 4.69) is 33.0 Å². The molecule has 0 saturated carbocycles. The van der Waals surface area contributed by atoms with Gasteiger partial charge in [0.15, 0.2) is 0 Å². The lowest BCUT2D eigenvalue weighted by Gasteiger charge is -2.23. The molecule has 1 atom stereocenters. The van der Waals surface area contributed by atoms with Gasteiger partial charge in [0.2, 0.25) is 5.91 Å². The van der Waals surface area contributed by atoms with Gasteiger partial charge in [0.25, 0.3) is 0 Å². The number of amides is 1. The number of anilines is 1. The third kappa shape index (κ3) is 5.80. The number of hydrogen-bond donors (Lipinski definition) is 2. The van der Waals surface area contributed by atoms with Crippen LogP contribution < -0.4 is 5.32 Å². The summed E-state index contributed by atoms with van der Waals surface area (Å²) < 4.78 is 0. The maximum Gasteiger partial charge on any atom is 0.320 e. The summed E-state index contributed by atoms with van der Waals surface area (Å²) in [6, 6.07) is 5.36. The smallest absolute Gasteiger partial charge is 0.320 e. The van der Waals surface area contributed by atoms with Gasteiger partial charge >= 0.3 is 5.97 Å². The number of carbonyl (C=O) groups is 2. The van der Waals surface area contributed by atoms with Gasteiger partial charge in [-0.05, 0) is 36.9 Å². The minimum atomic E-state index is -0.939. The van der Waals surface area contributed by atoms with Crippen molar-refractivity contribution >= 4 is 30.0 Å². The number of carbonyl (C=O) groups excluding carboxylic acids is 1. The fourth-order valence-electron chi connectivity index (χ4n) is 2.43. The summed E-state index contributed by atoms with van der Waals surface area (Å²) in [7, 11) is 1.63. The van der Waals surface area contributed by atoms with Gasteiger partial charge in [-0.3, -0.25) is 14.5 Å². The zero-order chi connectivity index (χ0) is 17.7. The average molecular weight is 357 g/mol. The maximum absolute atomic E-state index is 12.4. The SMILES string of the molecule is CC(C)c1cccc(C(C)C)c1NC(=O)CN(C)C(C)C(=O)O.Cl. The van der Waals surface area contributed by atoms with E-state index < -0.39 is 12.0 Å². The number of para-hydroxylation sites is 1. The Hall–Kier alpha value is -1.59. The Kier molecular flexibility index (Phi) is 9.01. The molecule has 0 spiro atoms. The highest BCUT2D eigenvalue weighted by atomic mass is 35.5. The summed E-state index contributed by atoms with van der Waals surface area (Å²) in [5, 5.41) is 12.0. The number of likely N-dealkylation sites (N-methyl/N-ethyl adjacent to an activating group) is 1. The maximum atomic E-state index is 12.4. The summed E-state index contributed by atoms with van der Waals surface area (Å²) in [5.74, 6) is -0.555. The zero-order valence-electron chi connectivity index (χ0n) is 15.3. The molecule has 5 nitrogen and oxygen atoms in total. The first-order valence-corrected chi connectivity index (χ1v) is 8.00. The molecule has 0 aromatic heterocycles. The van der Waals surface area contributed by atoms with Crippen LogP contribution in [-0.4, -0.2) is 41.5 Å². The van der Waals surface area contributed by atoms with Crippen LogP contribution in [0.1, 0.15) is 57.6 Å². The van der Waals surface area contributed by atoms with E-state index in [1.807, 2.05) is 18.2 Å². The van der Waals surface area contributed by atoms with Gasteiger partial charge in [0, 0.05) is 5.69 Å². The molecule has 136 valence electrons. The van der Waals surface area contributed by atoms with E-state index in [1.54, 1.807) is 14.0 Å². The van der Waals surface area contributed by atoms with Gasteiger partial charge in [-0.2, -0.15) is 0 Å². The molecule has 0 aliphatic heterocycles. The number of hydrogen-bond acceptors (Lipinski definition) is 3. The molecule has 1 aromatic carbocycles. The van der Waals surface area contributed by atoms with E-state index in [9.17, 15) is 9.59 Å². The molecule has 0 fully saturated rings. The highest BCUT2D eigenvalue weighted by Gasteiger charge is 2.21. The van der Waals surface area contributed by atoms with Crippen LogP contribution in [0.15, 0.2) is 18.2 Å². The number of nitrogens with zero attached hydrogens (tertiary/aromatic N) is 1. The molecule has 1 amide bonds. The predicted octanol–water partition coefficient (Wildman–Crippen LogP) is 3.70. The minimum absolute atomic E-state index is 0. The van der Waals surface area contributed by atoms with Crippen molar-refractivity contribution in [2.75, 3.05) is 18.9 Å². The second-order valence-corrected chi connectivity index (χ2v) is 6.60. The number of halogens is 1. The van der Waals surface area contributed by atoms with Crippen molar-refractivity contribution < 1.29 is 14.7 Å². The number of carboxylic acids is 1. The molecule has 1 aromatic rings. The van der Waals surface area contributed by atoms with Crippen molar-refractivity contribution in [3.63, 3.8) is 0 Å². The molecule has 0 heterocycles. The molecule has 0 saturated heterocycles. The fraction of sp³-hybridized carbons (Fsp3) is 0.556. The minimum Gasteiger partial charge on any atom is -0.480 e. The Balaban J connectivity index is 0.00000529. The third-order valence-corrected chi connectivity index (χ3v) is 4.05. The molecular weight excluding hydrogens is 328 g/mol. The van der Waals surface area contributed by atoms with Gasteiger partial charge in [-0.25, -0.2) is 0 Å². The van der Waals surface area contributed by atoms with Crippen LogP contribution in [0.25, 0.3) is 0 Å². The number of benzene rings is 1. The van der Waals surface area contributed by atoms with Crippen molar-refractivity contribution in [3.05, 3.63) is 29.3 Å². The fourth-order valence-corrected chi connectivity index (χ4v) is 2.43. The van der Waals surface area contributed by atoms with Crippen LogP contribution in [0.4, 0.5) is 5.69 Å². The summed E-state index contributed by atoms with van der Waals surface area (Å²) in [4.78, 5) is 24.9. The van der Waals surface area contributed by atoms with Gasteiger partial charge in [-0.15, -0.1) is 12.4 Å². The van der Waals surface area contributed by atoms with Crippen LogP contribution in [0.2, 0.25) is 0 Å². The first kappa shape index (κ1) is 22.4. The lowest BCUT2D eigenvalue weighted by Crippen LogP contribution is -2.40. The highest BCUT2D eigenvalue weighted by Crippen LogP contribution is 2.32. The average Bonchev–Trinajstić information content (AvgIpc) is 2.45. The molecule has 1 rings (SSSR count). The number of nitrogens with one attached hydrogen (secondary N) is 1. The third-order valence-electron chi connectivity index (χ3n) is 4.05. The van der Waals surface area contributed by atoms with Crippen molar-refractivity contribution in [1.82, 2.24) is 4.90 Å². The second-order valence-electron chi connectivity index (χ2n) is 6.60. The van der Waals surface area contributed by atoms with E-state index in [0.717, 1.165) is 16.8 Å². The van der Waals surface area contributed by atoms with Crippen LogP contribution in [0.3, 0.4) is 0 Å².